The molecule has 0 unspecified atom stereocenters. The van der Waals surface area contributed by atoms with E-state index in [0.717, 1.165) is 4.68 Å². The Balaban J connectivity index is 1.85. The quantitative estimate of drug-likeness (QED) is 0.490. The number of carbonyl (C=O) groups is 1. The fraction of sp³-hybridized carbons (Fsp3) is 0.188. The first-order chi connectivity index (χ1) is 13.5. The predicted octanol–water partition coefficient (Wildman–Crippen LogP) is 5.14. The highest BCUT2D eigenvalue weighted by Gasteiger charge is 2.39. The summed E-state index contributed by atoms with van der Waals surface area (Å²) in [6.07, 6.45) is -3.42. The zero-order valence-corrected chi connectivity index (χ0v) is 17.5. The number of nitrogens with zero attached hydrogens (tertiary/aromatic N) is 4. The van der Waals surface area contributed by atoms with Crippen LogP contribution in [0, 0.1) is 5.82 Å². The van der Waals surface area contributed by atoms with Gasteiger partial charge in [-0.3, -0.25) is 14.2 Å². The molecule has 0 atom stereocenters. The minimum atomic E-state index is -4.74. The molecular weight excluding hydrogens is 505 g/mol. The van der Waals surface area contributed by atoms with Crippen molar-refractivity contribution in [2.45, 2.75) is 12.7 Å². The highest BCUT2D eigenvalue weighted by atomic mass is 79.9. The molecule has 0 aliphatic carbocycles. The summed E-state index contributed by atoms with van der Waals surface area (Å²) in [7, 11) is 1.19. The molecule has 1 amide bonds. The van der Waals surface area contributed by atoms with Gasteiger partial charge < -0.3 is 5.32 Å². The maximum Gasteiger partial charge on any atom is 0.436 e. The van der Waals surface area contributed by atoms with Crippen molar-refractivity contribution in [1.29, 1.82) is 0 Å². The van der Waals surface area contributed by atoms with Crippen LogP contribution >= 0.6 is 39.1 Å². The number of hydrogen-bond donors (Lipinski definition) is 1. The van der Waals surface area contributed by atoms with Gasteiger partial charge in [-0.25, -0.2) is 4.39 Å². The van der Waals surface area contributed by atoms with E-state index in [1.165, 1.54) is 36.1 Å². The Kier molecular flexibility index (Phi) is 5.93. The van der Waals surface area contributed by atoms with Crippen molar-refractivity contribution in [2.75, 3.05) is 5.32 Å². The van der Waals surface area contributed by atoms with Crippen molar-refractivity contribution in [3.05, 3.63) is 61.7 Å². The Bertz CT molecular complexity index is 1080. The van der Waals surface area contributed by atoms with E-state index in [9.17, 15) is 22.4 Å². The highest BCUT2D eigenvalue weighted by Crippen LogP contribution is 2.36. The molecule has 0 radical (unpaired) electrons. The average Bonchev–Trinajstić information content (AvgIpc) is 3.10. The number of benzene rings is 1. The van der Waals surface area contributed by atoms with Gasteiger partial charge in [0, 0.05) is 23.8 Å². The molecule has 0 fully saturated rings. The van der Waals surface area contributed by atoms with Crippen LogP contribution in [-0.2, 0) is 19.8 Å². The number of amides is 1. The number of nitrogens with one attached hydrogen (secondary N) is 1. The monoisotopic (exact) mass is 513 g/mol. The number of aryl methyl sites for hydroxylation is 1. The van der Waals surface area contributed by atoms with Gasteiger partial charge in [-0.1, -0.05) is 29.3 Å². The van der Waals surface area contributed by atoms with E-state index < -0.39 is 28.1 Å². The molecule has 0 bridgehead atoms. The van der Waals surface area contributed by atoms with Gasteiger partial charge in [0.2, 0.25) is 0 Å². The number of alkyl halides is 3. The summed E-state index contributed by atoms with van der Waals surface area (Å²) in [6, 6.07) is 4.18. The summed E-state index contributed by atoms with van der Waals surface area (Å²) >= 11 is 14.8. The SMILES string of the molecule is Cn1nc(C(F)(F)F)c(Br)c1C(=O)Nc1nn(Cc2c(F)cccc2Cl)cc1Cl. The number of hydrogen-bond acceptors (Lipinski definition) is 3. The standard InChI is InChI=1S/C16H10BrCl2F4N5O/c1-27-12(11(17)13(25-27)16(21,22)23)15(29)24-14-9(19)6-28(26-14)5-7-8(18)3-2-4-10(7)20/h2-4,6H,5H2,1H3,(H,24,26,29). The van der Waals surface area contributed by atoms with Gasteiger partial charge in [-0.2, -0.15) is 23.4 Å². The molecule has 3 rings (SSSR count). The van der Waals surface area contributed by atoms with E-state index in [4.69, 9.17) is 23.2 Å². The Morgan fingerprint density at radius 2 is 1.93 bits per heavy atom. The van der Waals surface area contributed by atoms with Crippen LogP contribution in [0.1, 0.15) is 21.7 Å². The maximum absolute atomic E-state index is 13.9. The van der Waals surface area contributed by atoms with Crippen LogP contribution in [0.5, 0.6) is 0 Å². The van der Waals surface area contributed by atoms with Gasteiger partial charge in [-0.15, -0.1) is 0 Å². The Hall–Kier alpha value is -2.11. The molecule has 6 nitrogen and oxygen atoms in total. The molecule has 2 heterocycles. The average molecular weight is 515 g/mol. The summed E-state index contributed by atoms with van der Waals surface area (Å²) < 4.78 is 54.3. The number of halogens is 7. The molecule has 13 heteroatoms. The van der Waals surface area contributed by atoms with Crippen LogP contribution in [0.4, 0.5) is 23.4 Å². The lowest BCUT2D eigenvalue weighted by molar-refractivity contribution is -0.142. The molecule has 154 valence electrons. The van der Waals surface area contributed by atoms with Crippen LogP contribution in [-0.4, -0.2) is 25.5 Å². The smallest absolute Gasteiger partial charge is 0.302 e. The zero-order chi connectivity index (χ0) is 21.5. The van der Waals surface area contributed by atoms with Crippen molar-refractivity contribution in [3.8, 4) is 0 Å². The van der Waals surface area contributed by atoms with E-state index in [-0.39, 0.29) is 33.7 Å². The van der Waals surface area contributed by atoms with Crippen molar-refractivity contribution >= 4 is 50.9 Å². The molecular formula is C16H10BrCl2F4N5O. The molecule has 0 aliphatic heterocycles. The number of carbonyl (C=O) groups excluding carboxylic acids is 1. The minimum absolute atomic E-state index is 0.000136. The van der Waals surface area contributed by atoms with E-state index in [0.29, 0.717) is 0 Å². The second-order valence-electron chi connectivity index (χ2n) is 5.81. The second kappa shape index (κ2) is 7.96. The van der Waals surface area contributed by atoms with E-state index >= 15 is 0 Å². The molecule has 1 aromatic carbocycles. The van der Waals surface area contributed by atoms with E-state index in [1.54, 1.807) is 0 Å². The summed E-state index contributed by atoms with van der Waals surface area (Å²) in [4.78, 5) is 12.5. The summed E-state index contributed by atoms with van der Waals surface area (Å²) in [5, 5.41) is 9.85. The normalized spacial score (nSPS) is 11.7. The molecule has 2 aromatic heterocycles. The van der Waals surface area contributed by atoms with Gasteiger partial charge in [0.1, 0.15) is 16.5 Å². The molecule has 0 aliphatic rings. The number of rotatable bonds is 4. The Morgan fingerprint density at radius 3 is 2.52 bits per heavy atom. The minimum Gasteiger partial charge on any atom is -0.302 e. The first-order valence-electron chi connectivity index (χ1n) is 7.76. The topological polar surface area (TPSA) is 64.7 Å². The van der Waals surface area contributed by atoms with Crippen molar-refractivity contribution in [2.24, 2.45) is 7.05 Å². The lowest BCUT2D eigenvalue weighted by atomic mass is 10.2. The summed E-state index contributed by atoms with van der Waals surface area (Å²) in [6.45, 7) is -0.0747. The van der Waals surface area contributed by atoms with Crippen LogP contribution in [0.25, 0.3) is 0 Å². The Labute approximate surface area is 179 Å². The molecule has 3 aromatic rings. The van der Waals surface area contributed by atoms with Crippen LogP contribution in [0.2, 0.25) is 10.0 Å². The van der Waals surface area contributed by atoms with Crippen LogP contribution in [0.15, 0.2) is 28.9 Å². The summed E-state index contributed by atoms with van der Waals surface area (Å²) in [5.41, 5.74) is -1.45. The van der Waals surface area contributed by atoms with Gasteiger partial charge in [0.05, 0.1) is 11.0 Å². The second-order valence-corrected chi connectivity index (χ2v) is 7.42. The largest absolute Gasteiger partial charge is 0.436 e. The third-order valence-electron chi connectivity index (χ3n) is 3.80. The molecule has 0 saturated carbocycles. The maximum atomic E-state index is 13.9. The van der Waals surface area contributed by atoms with Crippen molar-refractivity contribution < 1.29 is 22.4 Å². The molecule has 29 heavy (non-hydrogen) atoms. The highest BCUT2D eigenvalue weighted by molar-refractivity contribution is 9.10. The first kappa shape index (κ1) is 21.6. The van der Waals surface area contributed by atoms with Gasteiger partial charge >= 0.3 is 6.18 Å². The third-order valence-corrected chi connectivity index (χ3v) is 5.19. The van der Waals surface area contributed by atoms with Crippen LogP contribution in [0.3, 0.4) is 0 Å². The Morgan fingerprint density at radius 1 is 1.24 bits per heavy atom. The van der Waals surface area contributed by atoms with Gasteiger partial charge in [-0.05, 0) is 28.1 Å². The molecule has 1 N–H and O–H groups in total. The molecule has 0 saturated heterocycles. The number of anilines is 1. The van der Waals surface area contributed by atoms with E-state index in [1.807, 2.05) is 0 Å². The van der Waals surface area contributed by atoms with Crippen molar-refractivity contribution in [3.63, 3.8) is 0 Å². The summed E-state index contributed by atoms with van der Waals surface area (Å²) in [5.74, 6) is -1.59. The lowest BCUT2D eigenvalue weighted by Crippen LogP contribution is -2.17. The van der Waals surface area contributed by atoms with Gasteiger partial charge in [0.15, 0.2) is 11.5 Å². The fourth-order valence-corrected chi connectivity index (χ4v) is 3.66. The first-order valence-corrected chi connectivity index (χ1v) is 9.30. The predicted molar refractivity (Wildman–Crippen MR) is 102 cm³/mol. The zero-order valence-electron chi connectivity index (χ0n) is 14.4. The molecule has 0 spiro atoms. The van der Waals surface area contributed by atoms with E-state index in [2.05, 4.69) is 31.4 Å². The van der Waals surface area contributed by atoms with Crippen LogP contribution < -0.4 is 5.32 Å². The number of aromatic nitrogens is 4. The van der Waals surface area contributed by atoms with Gasteiger partial charge in [0.25, 0.3) is 5.91 Å². The lowest BCUT2D eigenvalue weighted by Gasteiger charge is -2.06. The third kappa shape index (κ3) is 4.41. The van der Waals surface area contributed by atoms with Crippen molar-refractivity contribution in [1.82, 2.24) is 19.6 Å². The fourth-order valence-electron chi connectivity index (χ4n) is 2.50.